The van der Waals surface area contributed by atoms with Crippen molar-refractivity contribution in [3.05, 3.63) is 107 Å². The maximum Gasteiger partial charge on any atom is 0.435 e. The molecule has 2 aliphatic rings. The van der Waals surface area contributed by atoms with E-state index < -0.39 is 23.6 Å². The molecular weight excluding hydrogens is 510 g/mol. The quantitative estimate of drug-likeness (QED) is 0.310. The lowest BCUT2D eigenvalue weighted by molar-refractivity contribution is -0.141. The molecule has 2 unspecified atom stereocenters. The number of alkyl halides is 3. The van der Waals surface area contributed by atoms with E-state index in [1.54, 1.807) is 24.3 Å². The second kappa shape index (κ2) is 11.2. The van der Waals surface area contributed by atoms with E-state index in [-0.39, 0.29) is 35.6 Å². The minimum Gasteiger partial charge on any atom is -0.326 e. The van der Waals surface area contributed by atoms with Gasteiger partial charge >= 0.3 is 6.18 Å². The van der Waals surface area contributed by atoms with Crippen LogP contribution in [0.4, 0.5) is 17.6 Å². The van der Waals surface area contributed by atoms with E-state index in [1.807, 2.05) is 30.3 Å². The largest absolute Gasteiger partial charge is 0.435 e. The Morgan fingerprint density at radius 3 is 2.56 bits per heavy atom. The van der Waals surface area contributed by atoms with Gasteiger partial charge in [-0.2, -0.15) is 18.3 Å². The van der Waals surface area contributed by atoms with E-state index in [1.165, 1.54) is 25.0 Å². The fourth-order valence-corrected chi connectivity index (χ4v) is 4.72. The lowest BCUT2D eigenvalue weighted by Crippen LogP contribution is -2.32. The molecule has 39 heavy (non-hydrogen) atoms. The molecule has 2 aliphatic carbocycles. The summed E-state index contributed by atoms with van der Waals surface area (Å²) >= 11 is 0. The molecule has 0 aliphatic heterocycles. The third-order valence-electron chi connectivity index (χ3n) is 6.99. The Labute approximate surface area is 223 Å². The van der Waals surface area contributed by atoms with E-state index in [0.717, 1.165) is 16.8 Å². The van der Waals surface area contributed by atoms with Crippen LogP contribution in [0.15, 0.2) is 84.3 Å². The molecule has 0 spiro atoms. The van der Waals surface area contributed by atoms with Crippen LogP contribution in [0.5, 0.6) is 0 Å². The van der Waals surface area contributed by atoms with Crippen molar-refractivity contribution in [2.24, 2.45) is 17.6 Å². The molecule has 1 heterocycles. The van der Waals surface area contributed by atoms with Gasteiger partial charge in [-0.15, -0.1) is 0 Å². The summed E-state index contributed by atoms with van der Waals surface area (Å²) in [6.07, 6.45) is 1.02. The number of aromatic nitrogens is 2. The molecule has 1 amide bonds. The Morgan fingerprint density at radius 2 is 1.87 bits per heavy atom. The first-order chi connectivity index (χ1) is 18.7. The molecule has 204 valence electrons. The molecule has 4 N–H and O–H groups in total. The van der Waals surface area contributed by atoms with Crippen molar-refractivity contribution in [1.82, 2.24) is 20.4 Å². The van der Waals surface area contributed by atoms with Gasteiger partial charge in [0.2, 0.25) is 0 Å². The smallest absolute Gasteiger partial charge is 0.326 e. The Kier molecular flexibility index (Phi) is 7.67. The van der Waals surface area contributed by atoms with E-state index in [2.05, 4.69) is 15.7 Å². The summed E-state index contributed by atoms with van der Waals surface area (Å²) in [4.78, 5) is 13.3. The summed E-state index contributed by atoms with van der Waals surface area (Å²) in [5.74, 6) is -1.11. The predicted octanol–water partition coefficient (Wildman–Crippen LogP) is 5.58. The van der Waals surface area contributed by atoms with E-state index in [0.29, 0.717) is 24.0 Å². The molecule has 0 saturated heterocycles. The van der Waals surface area contributed by atoms with Crippen LogP contribution in [0.3, 0.4) is 0 Å². The molecule has 2 atom stereocenters. The minimum atomic E-state index is -4.78. The number of nitrogens with one attached hydrogen (secondary N) is 2. The molecule has 1 saturated carbocycles. The number of amides is 1. The zero-order chi connectivity index (χ0) is 27.6. The summed E-state index contributed by atoms with van der Waals surface area (Å²) in [6, 6.07) is 16.7. The molecule has 10 heteroatoms. The van der Waals surface area contributed by atoms with Crippen LogP contribution in [0, 0.1) is 11.8 Å². The van der Waals surface area contributed by atoms with Crippen molar-refractivity contribution >= 4 is 5.91 Å². The Morgan fingerprint density at radius 1 is 1.10 bits per heavy atom. The molecule has 3 aromatic rings. The lowest BCUT2D eigenvalue weighted by atomic mass is 9.86. The number of benzene rings is 2. The number of rotatable bonds is 9. The fraction of sp³-hybridized carbons (Fsp3) is 0.310. The van der Waals surface area contributed by atoms with Crippen molar-refractivity contribution in [1.29, 1.82) is 0 Å². The van der Waals surface area contributed by atoms with E-state index >= 15 is 0 Å². The predicted molar refractivity (Wildman–Crippen MR) is 139 cm³/mol. The third kappa shape index (κ3) is 6.29. The van der Waals surface area contributed by atoms with Crippen LogP contribution < -0.4 is 16.4 Å². The topological polar surface area (TPSA) is 85.0 Å². The Balaban J connectivity index is 1.44. The highest BCUT2D eigenvalue weighted by atomic mass is 19.4. The standard InChI is InChI=1S/C29H29F4N5O/c30-23-12-11-21(27(35-17-18-9-10-18)20-6-2-1-3-7-20)14-24(23)36-28(39)25-15-26(29(31,32)33)37-38(25)22-8-4-5-19(13-22)16-34/h1-8,12-15,18,21,27,35H,9-11,16-17,34H2,(H,36,39). The van der Waals surface area contributed by atoms with Crippen molar-refractivity contribution in [3.63, 3.8) is 0 Å². The first kappa shape index (κ1) is 26.8. The molecule has 1 aromatic heterocycles. The van der Waals surface area contributed by atoms with Gasteiger partial charge in [0.15, 0.2) is 5.69 Å². The van der Waals surface area contributed by atoms with Crippen LogP contribution >= 0.6 is 0 Å². The SMILES string of the molecule is NCc1cccc(-n2nc(C(F)(F)F)cc2C(=O)NC2=CC(C(NCC3CC3)c3ccccc3)CC=C2F)c1. The lowest BCUT2D eigenvalue weighted by Gasteiger charge is -2.29. The summed E-state index contributed by atoms with van der Waals surface area (Å²) in [6.45, 7) is 0.990. The number of hydrogen-bond donors (Lipinski definition) is 3. The summed E-state index contributed by atoms with van der Waals surface area (Å²) in [5.41, 5.74) is 5.91. The molecule has 0 radical (unpaired) electrons. The number of carbonyl (C=O) groups excluding carboxylic acids is 1. The number of nitrogens with two attached hydrogens (primary N) is 1. The minimum absolute atomic E-state index is 0.0811. The normalized spacial score (nSPS) is 18.3. The zero-order valence-electron chi connectivity index (χ0n) is 21.1. The van der Waals surface area contributed by atoms with Gasteiger partial charge < -0.3 is 16.4 Å². The zero-order valence-corrected chi connectivity index (χ0v) is 21.1. The van der Waals surface area contributed by atoms with Crippen molar-refractivity contribution in [2.75, 3.05) is 6.54 Å². The van der Waals surface area contributed by atoms with Gasteiger partial charge in [0.25, 0.3) is 5.91 Å². The Hall–Kier alpha value is -3.76. The summed E-state index contributed by atoms with van der Waals surface area (Å²) in [7, 11) is 0. The molecule has 2 aromatic carbocycles. The molecular formula is C29H29F4N5O. The molecule has 5 rings (SSSR count). The maximum atomic E-state index is 14.9. The molecule has 0 bridgehead atoms. The summed E-state index contributed by atoms with van der Waals surface area (Å²) < 4.78 is 56.5. The Bertz CT molecular complexity index is 1390. The van der Waals surface area contributed by atoms with Crippen molar-refractivity contribution < 1.29 is 22.4 Å². The van der Waals surface area contributed by atoms with Gasteiger partial charge in [-0.1, -0.05) is 48.5 Å². The van der Waals surface area contributed by atoms with Gasteiger partial charge in [-0.25, -0.2) is 9.07 Å². The van der Waals surface area contributed by atoms with Crippen LogP contribution in [0.1, 0.15) is 52.6 Å². The van der Waals surface area contributed by atoms with Crippen molar-refractivity contribution in [2.45, 2.75) is 38.0 Å². The fourth-order valence-electron chi connectivity index (χ4n) is 4.72. The second-order valence-electron chi connectivity index (χ2n) is 9.92. The maximum absolute atomic E-state index is 14.9. The molecule has 6 nitrogen and oxygen atoms in total. The highest BCUT2D eigenvalue weighted by Crippen LogP contribution is 2.35. The van der Waals surface area contributed by atoms with E-state index in [9.17, 15) is 22.4 Å². The number of nitrogens with zero attached hydrogens (tertiary/aromatic N) is 2. The van der Waals surface area contributed by atoms with Gasteiger partial charge in [-0.05, 0) is 61.1 Å². The van der Waals surface area contributed by atoms with E-state index in [4.69, 9.17) is 5.73 Å². The molecule has 1 fully saturated rings. The van der Waals surface area contributed by atoms with Gasteiger partial charge in [-0.3, -0.25) is 4.79 Å². The monoisotopic (exact) mass is 539 g/mol. The number of halogens is 4. The number of hydrogen-bond acceptors (Lipinski definition) is 4. The van der Waals surface area contributed by atoms with Crippen LogP contribution in [0.25, 0.3) is 5.69 Å². The van der Waals surface area contributed by atoms with Crippen molar-refractivity contribution in [3.8, 4) is 5.69 Å². The van der Waals surface area contributed by atoms with Crippen LogP contribution in [-0.2, 0) is 12.7 Å². The first-order valence-corrected chi connectivity index (χ1v) is 12.9. The highest BCUT2D eigenvalue weighted by Gasteiger charge is 2.36. The number of allylic oxidation sites excluding steroid dienone is 2. The van der Waals surface area contributed by atoms with Crippen LogP contribution in [0.2, 0.25) is 0 Å². The average Bonchev–Trinajstić information content (AvgIpc) is 3.64. The van der Waals surface area contributed by atoms with Gasteiger partial charge in [0, 0.05) is 24.6 Å². The average molecular weight is 540 g/mol. The summed E-state index contributed by atoms with van der Waals surface area (Å²) in [5, 5.41) is 9.73. The highest BCUT2D eigenvalue weighted by molar-refractivity contribution is 5.95. The van der Waals surface area contributed by atoms with Gasteiger partial charge in [0.05, 0.1) is 11.4 Å². The van der Waals surface area contributed by atoms with Gasteiger partial charge in [0.1, 0.15) is 11.5 Å². The third-order valence-corrected chi connectivity index (χ3v) is 6.99. The first-order valence-electron chi connectivity index (χ1n) is 12.9. The number of carbonyl (C=O) groups is 1. The van der Waals surface area contributed by atoms with Crippen LogP contribution in [-0.4, -0.2) is 22.2 Å². The second-order valence-corrected chi connectivity index (χ2v) is 9.92.